The molecule has 0 aromatic heterocycles. The second kappa shape index (κ2) is 6.25. The number of benzene rings is 1. The number of aromatic hydroxyl groups is 1. The van der Waals surface area contributed by atoms with E-state index in [1.165, 1.54) is 14.2 Å². The fourth-order valence-electron chi connectivity index (χ4n) is 3.25. The van der Waals surface area contributed by atoms with Crippen molar-refractivity contribution in [1.82, 2.24) is 0 Å². The number of methoxy groups -OCH3 is 2. The molecule has 0 radical (unpaired) electrons. The Bertz CT molecular complexity index is 613. The first kappa shape index (κ1) is 15.9. The zero-order valence-corrected chi connectivity index (χ0v) is 13.1. The molecule has 0 bridgehead atoms. The number of aliphatic hydroxyl groups excluding tert-OH is 1. The van der Waals surface area contributed by atoms with Crippen molar-refractivity contribution < 1.29 is 34.0 Å². The molecular formula is C16H20O7. The summed E-state index contributed by atoms with van der Waals surface area (Å²) in [4.78, 5) is 12.3. The van der Waals surface area contributed by atoms with Crippen molar-refractivity contribution in [3.63, 3.8) is 0 Å². The lowest BCUT2D eigenvalue weighted by atomic mass is 9.93. The van der Waals surface area contributed by atoms with Gasteiger partial charge in [-0.3, -0.25) is 0 Å². The van der Waals surface area contributed by atoms with Gasteiger partial charge in [-0.1, -0.05) is 0 Å². The number of hydrogen-bond donors (Lipinski definition) is 2. The predicted octanol–water partition coefficient (Wildman–Crippen LogP) is 1.55. The average molecular weight is 324 g/mol. The van der Waals surface area contributed by atoms with Crippen molar-refractivity contribution in [3.05, 3.63) is 17.2 Å². The molecule has 0 aliphatic carbocycles. The molecule has 1 saturated heterocycles. The van der Waals surface area contributed by atoms with Crippen LogP contribution in [0.25, 0.3) is 0 Å². The molecule has 0 saturated carbocycles. The summed E-state index contributed by atoms with van der Waals surface area (Å²) in [6.45, 7) is 0.0946. The molecule has 0 spiro atoms. The summed E-state index contributed by atoms with van der Waals surface area (Å²) in [6, 6.07) is 1.65. The van der Waals surface area contributed by atoms with Gasteiger partial charge in [-0.25, -0.2) is 4.79 Å². The van der Waals surface area contributed by atoms with Crippen LogP contribution in [0, 0.1) is 0 Å². The Morgan fingerprint density at radius 1 is 1.35 bits per heavy atom. The van der Waals surface area contributed by atoms with Crippen LogP contribution >= 0.6 is 0 Å². The maximum absolute atomic E-state index is 12.3. The number of phenols is 1. The molecular weight excluding hydrogens is 304 g/mol. The molecule has 126 valence electrons. The molecule has 7 nitrogen and oxygen atoms in total. The van der Waals surface area contributed by atoms with Crippen LogP contribution in [0.5, 0.6) is 17.2 Å². The quantitative estimate of drug-likeness (QED) is 0.794. The van der Waals surface area contributed by atoms with Crippen LogP contribution in [0.2, 0.25) is 0 Å². The molecule has 2 aliphatic heterocycles. The minimum Gasteiger partial charge on any atom is -0.504 e. The summed E-state index contributed by atoms with van der Waals surface area (Å²) >= 11 is 0. The third-order valence-corrected chi connectivity index (χ3v) is 4.30. The van der Waals surface area contributed by atoms with Crippen LogP contribution in [0.1, 0.15) is 41.3 Å². The van der Waals surface area contributed by atoms with Gasteiger partial charge in [0.15, 0.2) is 11.5 Å². The van der Waals surface area contributed by atoms with E-state index >= 15 is 0 Å². The first-order chi connectivity index (χ1) is 11.1. The van der Waals surface area contributed by atoms with E-state index < -0.39 is 18.2 Å². The lowest BCUT2D eigenvalue weighted by molar-refractivity contribution is -0.0241. The Hall–Kier alpha value is -1.99. The maximum atomic E-state index is 12.3. The minimum absolute atomic E-state index is 0.0618. The first-order valence-corrected chi connectivity index (χ1v) is 7.55. The number of rotatable bonds is 5. The molecule has 3 unspecified atom stereocenters. The lowest BCUT2D eigenvalue weighted by Gasteiger charge is -2.28. The second-order valence-electron chi connectivity index (χ2n) is 5.65. The topological polar surface area (TPSA) is 94.5 Å². The minimum atomic E-state index is -0.592. The fourth-order valence-corrected chi connectivity index (χ4v) is 3.25. The molecule has 1 fully saturated rings. The zero-order valence-electron chi connectivity index (χ0n) is 13.1. The highest BCUT2D eigenvalue weighted by molar-refractivity contribution is 5.97. The smallest absolute Gasteiger partial charge is 0.342 e. The number of carbonyl (C=O) groups excluding carboxylic acids is 1. The fraction of sp³-hybridized carbons (Fsp3) is 0.562. The number of phenolic OH excluding ortho intramolecular Hbond substituents is 1. The molecule has 2 N–H and O–H groups in total. The second-order valence-corrected chi connectivity index (χ2v) is 5.65. The molecule has 2 heterocycles. The summed E-state index contributed by atoms with van der Waals surface area (Å²) in [5, 5.41) is 19.3. The highest BCUT2D eigenvalue weighted by Crippen LogP contribution is 2.49. The number of esters is 1. The normalized spacial score (nSPS) is 25.5. The zero-order chi connectivity index (χ0) is 16.6. The molecule has 3 atom stereocenters. The van der Waals surface area contributed by atoms with Gasteiger partial charge in [0.05, 0.1) is 20.3 Å². The molecule has 1 aromatic carbocycles. The Morgan fingerprint density at radius 3 is 2.78 bits per heavy atom. The Balaban J connectivity index is 1.99. The van der Waals surface area contributed by atoms with E-state index in [0.717, 1.165) is 0 Å². The van der Waals surface area contributed by atoms with Crippen LogP contribution in [0.3, 0.4) is 0 Å². The summed E-state index contributed by atoms with van der Waals surface area (Å²) in [5.41, 5.74) is 0.611. The van der Waals surface area contributed by atoms with Gasteiger partial charge >= 0.3 is 5.97 Å². The van der Waals surface area contributed by atoms with Crippen molar-refractivity contribution in [1.29, 1.82) is 0 Å². The van der Waals surface area contributed by atoms with E-state index in [-0.39, 0.29) is 29.8 Å². The SMILES string of the molecule is COc1cc2c(c(O)c1OC)C(=O)OC1CC(CCCO)OC21. The van der Waals surface area contributed by atoms with Gasteiger partial charge in [0, 0.05) is 18.6 Å². The molecule has 0 amide bonds. The largest absolute Gasteiger partial charge is 0.504 e. The van der Waals surface area contributed by atoms with Crippen LogP contribution in [0.15, 0.2) is 6.07 Å². The van der Waals surface area contributed by atoms with Crippen molar-refractivity contribution in [2.75, 3.05) is 20.8 Å². The van der Waals surface area contributed by atoms with E-state index in [0.29, 0.717) is 30.6 Å². The van der Waals surface area contributed by atoms with Crippen molar-refractivity contribution in [3.8, 4) is 17.2 Å². The van der Waals surface area contributed by atoms with E-state index in [9.17, 15) is 9.90 Å². The Morgan fingerprint density at radius 2 is 2.13 bits per heavy atom. The van der Waals surface area contributed by atoms with Gasteiger partial charge in [-0.2, -0.15) is 0 Å². The first-order valence-electron chi connectivity index (χ1n) is 7.55. The lowest BCUT2D eigenvalue weighted by Crippen LogP contribution is -2.29. The summed E-state index contributed by atoms with van der Waals surface area (Å²) in [6.07, 6.45) is 0.960. The van der Waals surface area contributed by atoms with Crippen LogP contribution in [-0.2, 0) is 9.47 Å². The third-order valence-electron chi connectivity index (χ3n) is 4.30. The third kappa shape index (κ3) is 2.60. The molecule has 2 aliphatic rings. The standard InChI is InChI=1S/C16H20O7/c1-20-10-7-9-12(13(18)15(10)21-2)16(19)23-11-6-8(4-3-5-17)22-14(9)11/h7-8,11,14,17-18H,3-6H2,1-2H3. The van der Waals surface area contributed by atoms with Gasteiger partial charge in [0.25, 0.3) is 0 Å². The van der Waals surface area contributed by atoms with Gasteiger partial charge in [0.1, 0.15) is 17.8 Å². The van der Waals surface area contributed by atoms with E-state index in [1.807, 2.05) is 0 Å². The predicted molar refractivity (Wildman–Crippen MR) is 79.0 cm³/mol. The molecule has 7 heteroatoms. The average Bonchev–Trinajstić information content (AvgIpc) is 2.95. The van der Waals surface area contributed by atoms with E-state index in [4.69, 9.17) is 24.1 Å². The number of ether oxygens (including phenoxy) is 4. The van der Waals surface area contributed by atoms with Crippen molar-refractivity contribution in [2.24, 2.45) is 0 Å². The highest BCUT2D eigenvalue weighted by Gasteiger charge is 2.46. The number of carbonyl (C=O) groups is 1. The van der Waals surface area contributed by atoms with Gasteiger partial charge in [-0.15, -0.1) is 0 Å². The number of fused-ring (bicyclic) bond motifs is 3. The van der Waals surface area contributed by atoms with Gasteiger partial charge < -0.3 is 29.2 Å². The molecule has 1 aromatic rings. The number of aliphatic hydroxyl groups is 1. The summed E-state index contributed by atoms with van der Waals surface area (Å²) in [7, 11) is 2.85. The van der Waals surface area contributed by atoms with Crippen molar-refractivity contribution >= 4 is 5.97 Å². The van der Waals surface area contributed by atoms with Gasteiger partial charge in [-0.05, 0) is 18.9 Å². The Kier molecular flexibility index (Phi) is 4.32. The van der Waals surface area contributed by atoms with Crippen LogP contribution in [-0.4, -0.2) is 49.2 Å². The van der Waals surface area contributed by atoms with E-state index in [1.54, 1.807) is 6.07 Å². The molecule has 3 rings (SSSR count). The summed E-state index contributed by atoms with van der Waals surface area (Å²) < 4.78 is 21.7. The molecule has 23 heavy (non-hydrogen) atoms. The van der Waals surface area contributed by atoms with Crippen LogP contribution < -0.4 is 9.47 Å². The monoisotopic (exact) mass is 324 g/mol. The Labute approximate surface area is 133 Å². The van der Waals surface area contributed by atoms with Crippen LogP contribution in [0.4, 0.5) is 0 Å². The van der Waals surface area contributed by atoms with Crippen molar-refractivity contribution in [2.45, 2.75) is 37.6 Å². The maximum Gasteiger partial charge on any atom is 0.342 e. The van der Waals surface area contributed by atoms with Gasteiger partial charge in [0.2, 0.25) is 5.75 Å². The highest BCUT2D eigenvalue weighted by atomic mass is 16.6. The van der Waals surface area contributed by atoms with E-state index in [2.05, 4.69) is 0 Å². The number of hydrogen-bond acceptors (Lipinski definition) is 7. The summed E-state index contributed by atoms with van der Waals surface area (Å²) in [5.74, 6) is -0.463.